The van der Waals surface area contributed by atoms with Gasteiger partial charge in [-0.25, -0.2) is 0 Å². The zero-order valence-electron chi connectivity index (χ0n) is 12.9. The summed E-state index contributed by atoms with van der Waals surface area (Å²) >= 11 is 0. The van der Waals surface area contributed by atoms with Crippen molar-refractivity contribution in [1.29, 1.82) is 0 Å². The van der Waals surface area contributed by atoms with Gasteiger partial charge in [0, 0.05) is 25.6 Å². The highest BCUT2D eigenvalue weighted by Crippen LogP contribution is 2.36. The zero-order valence-corrected chi connectivity index (χ0v) is 12.9. The van der Waals surface area contributed by atoms with E-state index in [1.54, 1.807) is 0 Å². The van der Waals surface area contributed by atoms with E-state index in [-0.39, 0.29) is 0 Å². The largest absolute Gasteiger partial charge is 0.343 e. The molecule has 1 saturated carbocycles. The predicted molar refractivity (Wildman–Crippen MR) is 79.1 cm³/mol. The van der Waals surface area contributed by atoms with Gasteiger partial charge < -0.3 is 10.2 Å². The summed E-state index contributed by atoms with van der Waals surface area (Å²) in [6.45, 7) is 5.77. The molecule has 0 aromatic heterocycles. The Balaban J connectivity index is 1.78. The van der Waals surface area contributed by atoms with Crippen molar-refractivity contribution in [3.63, 3.8) is 0 Å². The van der Waals surface area contributed by atoms with Gasteiger partial charge in [-0.05, 0) is 50.5 Å². The van der Waals surface area contributed by atoms with Crippen LogP contribution in [0.1, 0.15) is 65.2 Å². The number of carbonyl (C=O) groups is 1. The van der Waals surface area contributed by atoms with E-state index in [2.05, 4.69) is 19.2 Å². The lowest BCUT2D eigenvalue weighted by Crippen LogP contribution is -2.44. The molecule has 1 amide bonds. The van der Waals surface area contributed by atoms with E-state index < -0.39 is 0 Å². The summed E-state index contributed by atoms with van der Waals surface area (Å²) < 4.78 is 0. The average molecular weight is 266 g/mol. The van der Waals surface area contributed by atoms with Crippen LogP contribution in [-0.4, -0.2) is 36.5 Å². The molecule has 0 spiro atoms. The second kappa shape index (κ2) is 6.25. The van der Waals surface area contributed by atoms with Gasteiger partial charge in [-0.2, -0.15) is 0 Å². The SMILES string of the molecule is CN(C(=O)CC1CCCCN1)C1CCC(C)(C)CC1. The van der Waals surface area contributed by atoms with Gasteiger partial charge in [0.25, 0.3) is 0 Å². The maximum absolute atomic E-state index is 12.4. The van der Waals surface area contributed by atoms with Gasteiger partial charge in [0.05, 0.1) is 0 Å². The summed E-state index contributed by atoms with van der Waals surface area (Å²) in [5.74, 6) is 0.337. The smallest absolute Gasteiger partial charge is 0.224 e. The minimum Gasteiger partial charge on any atom is -0.343 e. The Morgan fingerprint density at radius 1 is 1.21 bits per heavy atom. The van der Waals surface area contributed by atoms with Crippen LogP contribution >= 0.6 is 0 Å². The summed E-state index contributed by atoms with van der Waals surface area (Å²) in [6, 6.07) is 0.896. The molecule has 1 saturated heterocycles. The van der Waals surface area contributed by atoms with Crippen LogP contribution in [0.2, 0.25) is 0 Å². The second-order valence-electron chi connectivity index (χ2n) is 7.25. The number of nitrogens with zero attached hydrogens (tertiary/aromatic N) is 1. The van der Waals surface area contributed by atoms with Crippen LogP contribution in [0.4, 0.5) is 0 Å². The first-order valence-corrected chi connectivity index (χ1v) is 7.97. The number of nitrogens with one attached hydrogen (secondary N) is 1. The van der Waals surface area contributed by atoms with Gasteiger partial charge in [-0.1, -0.05) is 20.3 Å². The van der Waals surface area contributed by atoms with E-state index in [9.17, 15) is 4.79 Å². The fourth-order valence-corrected chi connectivity index (χ4v) is 3.43. The third kappa shape index (κ3) is 4.20. The van der Waals surface area contributed by atoms with Crippen LogP contribution in [0.25, 0.3) is 0 Å². The summed E-state index contributed by atoms with van der Waals surface area (Å²) in [4.78, 5) is 14.4. The highest BCUT2D eigenvalue weighted by molar-refractivity contribution is 5.76. The van der Waals surface area contributed by atoms with Crippen LogP contribution in [0.3, 0.4) is 0 Å². The van der Waals surface area contributed by atoms with Crippen molar-refractivity contribution in [2.45, 2.75) is 77.3 Å². The summed E-state index contributed by atoms with van der Waals surface area (Å²) in [5, 5.41) is 3.47. The van der Waals surface area contributed by atoms with Crippen LogP contribution < -0.4 is 5.32 Å². The maximum atomic E-state index is 12.4. The summed E-state index contributed by atoms with van der Waals surface area (Å²) in [5.41, 5.74) is 0.477. The van der Waals surface area contributed by atoms with E-state index in [0.717, 1.165) is 13.0 Å². The lowest BCUT2D eigenvalue weighted by Gasteiger charge is -2.39. The highest BCUT2D eigenvalue weighted by Gasteiger charge is 2.31. The molecule has 0 radical (unpaired) electrons. The van der Waals surface area contributed by atoms with Gasteiger partial charge in [0.2, 0.25) is 5.91 Å². The first kappa shape index (κ1) is 14.8. The Hall–Kier alpha value is -0.570. The number of rotatable bonds is 3. The van der Waals surface area contributed by atoms with E-state index >= 15 is 0 Å². The van der Waals surface area contributed by atoms with Crippen LogP contribution in [0, 0.1) is 5.41 Å². The molecule has 2 rings (SSSR count). The standard InChI is InChI=1S/C16H30N2O/c1-16(2)9-7-14(8-10-16)18(3)15(19)12-13-6-4-5-11-17-13/h13-14,17H,4-12H2,1-3H3. The molecule has 1 aliphatic carbocycles. The van der Waals surface area contributed by atoms with E-state index in [1.165, 1.54) is 38.5 Å². The average Bonchev–Trinajstić information content (AvgIpc) is 2.39. The monoisotopic (exact) mass is 266 g/mol. The highest BCUT2D eigenvalue weighted by atomic mass is 16.2. The van der Waals surface area contributed by atoms with Gasteiger partial charge in [-0.15, -0.1) is 0 Å². The first-order valence-electron chi connectivity index (χ1n) is 7.97. The number of carbonyl (C=O) groups excluding carboxylic acids is 1. The topological polar surface area (TPSA) is 32.3 Å². The molecule has 0 aromatic rings. The third-order valence-corrected chi connectivity index (χ3v) is 5.08. The van der Waals surface area contributed by atoms with Gasteiger partial charge >= 0.3 is 0 Å². The minimum atomic E-state index is 0.337. The fraction of sp³-hybridized carbons (Fsp3) is 0.938. The number of hydrogen-bond acceptors (Lipinski definition) is 2. The van der Waals surface area contributed by atoms with Crippen molar-refractivity contribution in [2.24, 2.45) is 5.41 Å². The minimum absolute atomic E-state index is 0.337. The first-order chi connectivity index (χ1) is 8.98. The van der Waals surface area contributed by atoms with Crippen LogP contribution in [0.5, 0.6) is 0 Å². The zero-order chi connectivity index (χ0) is 13.9. The maximum Gasteiger partial charge on any atom is 0.224 e. The molecular weight excluding hydrogens is 236 g/mol. The van der Waals surface area contributed by atoms with Crippen molar-refractivity contribution in [3.05, 3.63) is 0 Å². The van der Waals surface area contributed by atoms with E-state index in [1.807, 2.05) is 11.9 Å². The molecule has 2 aliphatic rings. The van der Waals surface area contributed by atoms with Crippen LogP contribution in [0.15, 0.2) is 0 Å². The molecule has 19 heavy (non-hydrogen) atoms. The molecule has 2 fully saturated rings. The Kier molecular flexibility index (Phi) is 4.88. The molecule has 3 nitrogen and oxygen atoms in total. The van der Waals surface area contributed by atoms with Crippen molar-refractivity contribution >= 4 is 5.91 Å². The predicted octanol–water partition coefficient (Wildman–Crippen LogP) is 2.95. The molecule has 1 atom stereocenters. The lowest BCUT2D eigenvalue weighted by molar-refractivity contribution is -0.133. The molecule has 110 valence electrons. The quantitative estimate of drug-likeness (QED) is 0.852. The molecule has 1 heterocycles. The van der Waals surface area contributed by atoms with Crippen molar-refractivity contribution in [2.75, 3.05) is 13.6 Å². The molecule has 1 N–H and O–H groups in total. The van der Waals surface area contributed by atoms with Crippen molar-refractivity contribution in [3.8, 4) is 0 Å². The van der Waals surface area contributed by atoms with E-state index in [4.69, 9.17) is 0 Å². The Labute approximate surface area is 118 Å². The Morgan fingerprint density at radius 3 is 2.47 bits per heavy atom. The Bertz CT molecular complexity index is 298. The fourth-order valence-electron chi connectivity index (χ4n) is 3.43. The van der Waals surface area contributed by atoms with Crippen molar-refractivity contribution in [1.82, 2.24) is 10.2 Å². The normalized spacial score (nSPS) is 28.1. The van der Waals surface area contributed by atoms with Crippen LogP contribution in [-0.2, 0) is 4.79 Å². The number of amides is 1. The van der Waals surface area contributed by atoms with Gasteiger partial charge in [-0.3, -0.25) is 4.79 Å². The molecule has 3 heteroatoms. The van der Waals surface area contributed by atoms with Gasteiger partial charge in [0.15, 0.2) is 0 Å². The van der Waals surface area contributed by atoms with Gasteiger partial charge in [0.1, 0.15) is 0 Å². The molecular formula is C16H30N2O. The van der Waals surface area contributed by atoms with Crippen molar-refractivity contribution < 1.29 is 4.79 Å². The molecule has 0 aromatic carbocycles. The molecule has 1 unspecified atom stereocenters. The summed E-state index contributed by atoms with van der Waals surface area (Å²) in [7, 11) is 2.01. The number of piperidine rings is 1. The second-order valence-corrected chi connectivity index (χ2v) is 7.25. The number of hydrogen-bond donors (Lipinski definition) is 1. The van der Waals surface area contributed by atoms with E-state index in [0.29, 0.717) is 29.8 Å². The molecule has 0 bridgehead atoms. The third-order valence-electron chi connectivity index (χ3n) is 5.08. The summed E-state index contributed by atoms with van der Waals surface area (Å²) in [6.07, 6.45) is 9.23. The Morgan fingerprint density at radius 2 is 1.89 bits per heavy atom. The molecule has 1 aliphatic heterocycles. The lowest BCUT2D eigenvalue weighted by atomic mass is 9.75.